The molecule has 2 saturated heterocycles. The summed E-state index contributed by atoms with van der Waals surface area (Å²) in [4.78, 5) is 7.50. The second-order valence-electron chi connectivity index (χ2n) is 7.43. The predicted molar refractivity (Wildman–Crippen MR) is 88.5 cm³/mol. The molecule has 1 saturated carbocycles. The molecular formula is C16H29N3S. The highest BCUT2D eigenvalue weighted by Gasteiger charge is 2.40. The second kappa shape index (κ2) is 5.88. The van der Waals surface area contributed by atoms with Crippen molar-refractivity contribution in [2.45, 2.75) is 57.5 Å². The Hall–Kier alpha value is -0.220. The van der Waals surface area contributed by atoms with Crippen LogP contribution in [0.4, 0.5) is 0 Å². The summed E-state index contributed by atoms with van der Waals surface area (Å²) in [5, 5.41) is 5.05. The van der Waals surface area contributed by atoms with Crippen LogP contribution in [0.2, 0.25) is 0 Å². The number of likely N-dealkylation sites (tertiary alicyclic amines) is 1. The average molecular weight is 295 g/mol. The molecule has 2 heterocycles. The van der Waals surface area contributed by atoms with Crippen LogP contribution >= 0.6 is 11.8 Å². The first kappa shape index (κ1) is 14.7. The number of nitrogens with one attached hydrogen (secondary N) is 1. The standard InChI is InChI=1S/C16H29N3S/c1-12-5-4-7-16(9-12)11-20-15(18-16)17-14-6-8-19(3)10-13(14)2/h12-14H,4-11H2,1-3H3,(H,17,18). The van der Waals surface area contributed by atoms with E-state index < -0.39 is 0 Å². The van der Waals surface area contributed by atoms with Crippen LogP contribution in [0.1, 0.15) is 46.0 Å². The van der Waals surface area contributed by atoms with Crippen LogP contribution in [-0.2, 0) is 0 Å². The van der Waals surface area contributed by atoms with Gasteiger partial charge in [0.15, 0.2) is 5.17 Å². The van der Waals surface area contributed by atoms with Crippen LogP contribution in [0.3, 0.4) is 0 Å². The molecule has 0 aromatic rings. The van der Waals surface area contributed by atoms with Gasteiger partial charge in [-0.25, -0.2) is 0 Å². The quantitative estimate of drug-likeness (QED) is 0.806. The molecule has 4 heteroatoms. The molecule has 1 N–H and O–H groups in total. The summed E-state index contributed by atoms with van der Waals surface area (Å²) >= 11 is 1.97. The van der Waals surface area contributed by atoms with Gasteiger partial charge in [-0.15, -0.1) is 0 Å². The van der Waals surface area contributed by atoms with E-state index in [1.54, 1.807) is 0 Å². The third kappa shape index (κ3) is 3.16. The smallest absolute Gasteiger partial charge is 0.157 e. The number of hydrogen-bond acceptors (Lipinski definition) is 3. The van der Waals surface area contributed by atoms with Crippen molar-refractivity contribution in [2.75, 3.05) is 25.9 Å². The molecule has 4 unspecified atom stereocenters. The van der Waals surface area contributed by atoms with Gasteiger partial charge in [-0.3, -0.25) is 4.99 Å². The second-order valence-corrected chi connectivity index (χ2v) is 8.39. The fraction of sp³-hybridized carbons (Fsp3) is 0.938. The maximum absolute atomic E-state index is 5.07. The van der Waals surface area contributed by atoms with Gasteiger partial charge in [0.1, 0.15) is 0 Å². The van der Waals surface area contributed by atoms with Crippen LogP contribution in [-0.4, -0.2) is 47.5 Å². The molecule has 4 atom stereocenters. The van der Waals surface area contributed by atoms with Crippen molar-refractivity contribution in [2.24, 2.45) is 16.8 Å². The summed E-state index contributed by atoms with van der Waals surface area (Å²) < 4.78 is 0. The third-order valence-electron chi connectivity index (χ3n) is 5.29. The Labute approximate surface area is 128 Å². The number of piperidine rings is 1. The van der Waals surface area contributed by atoms with Crippen LogP contribution in [0.15, 0.2) is 4.99 Å². The van der Waals surface area contributed by atoms with E-state index in [0.717, 1.165) is 5.92 Å². The Morgan fingerprint density at radius 2 is 2.20 bits per heavy atom. The van der Waals surface area contributed by atoms with Crippen molar-refractivity contribution in [3.05, 3.63) is 0 Å². The van der Waals surface area contributed by atoms with Crippen LogP contribution in [0.25, 0.3) is 0 Å². The van der Waals surface area contributed by atoms with E-state index in [0.29, 0.717) is 17.5 Å². The number of nitrogens with zero attached hydrogens (tertiary/aromatic N) is 2. The van der Waals surface area contributed by atoms with Crippen LogP contribution in [0, 0.1) is 11.8 Å². The first-order valence-corrected chi connectivity index (χ1v) is 9.22. The highest BCUT2D eigenvalue weighted by atomic mass is 32.2. The lowest BCUT2D eigenvalue weighted by Crippen LogP contribution is -2.47. The fourth-order valence-corrected chi connectivity index (χ4v) is 5.41. The van der Waals surface area contributed by atoms with Crippen molar-refractivity contribution in [1.82, 2.24) is 10.2 Å². The molecule has 0 aromatic heterocycles. The Balaban J connectivity index is 1.63. The molecule has 20 heavy (non-hydrogen) atoms. The van der Waals surface area contributed by atoms with Gasteiger partial charge in [-0.05, 0) is 44.7 Å². The topological polar surface area (TPSA) is 27.6 Å². The molecule has 1 spiro atoms. The summed E-state index contributed by atoms with van der Waals surface area (Å²) in [5.41, 5.74) is 0.371. The largest absolute Gasteiger partial charge is 0.359 e. The molecule has 0 radical (unpaired) electrons. The first-order valence-electron chi connectivity index (χ1n) is 8.24. The van der Waals surface area contributed by atoms with E-state index >= 15 is 0 Å². The molecule has 1 aliphatic carbocycles. The lowest BCUT2D eigenvalue weighted by Gasteiger charge is -2.36. The number of amidine groups is 1. The van der Waals surface area contributed by atoms with E-state index in [2.05, 4.69) is 31.1 Å². The van der Waals surface area contributed by atoms with Crippen molar-refractivity contribution >= 4 is 16.9 Å². The van der Waals surface area contributed by atoms with E-state index in [4.69, 9.17) is 4.99 Å². The zero-order valence-electron chi connectivity index (χ0n) is 13.2. The van der Waals surface area contributed by atoms with E-state index in [1.165, 1.54) is 56.1 Å². The molecule has 3 nitrogen and oxygen atoms in total. The van der Waals surface area contributed by atoms with E-state index in [9.17, 15) is 0 Å². The fourth-order valence-electron chi connectivity index (χ4n) is 4.16. The van der Waals surface area contributed by atoms with Gasteiger partial charge >= 0.3 is 0 Å². The van der Waals surface area contributed by atoms with Gasteiger partial charge in [0.25, 0.3) is 0 Å². The maximum atomic E-state index is 5.07. The third-order valence-corrected chi connectivity index (χ3v) is 6.47. The van der Waals surface area contributed by atoms with Crippen LogP contribution < -0.4 is 5.32 Å². The monoisotopic (exact) mass is 295 g/mol. The van der Waals surface area contributed by atoms with Gasteiger partial charge in [-0.1, -0.05) is 38.5 Å². The van der Waals surface area contributed by atoms with Crippen molar-refractivity contribution < 1.29 is 0 Å². The zero-order valence-corrected chi connectivity index (χ0v) is 14.0. The number of rotatable bonds is 1. The van der Waals surface area contributed by atoms with Crippen LogP contribution in [0.5, 0.6) is 0 Å². The predicted octanol–water partition coefficient (Wildman–Crippen LogP) is 2.97. The average Bonchev–Trinajstić information content (AvgIpc) is 2.75. The summed E-state index contributed by atoms with van der Waals surface area (Å²) in [5.74, 6) is 2.79. The van der Waals surface area contributed by atoms with Gasteiger partial charge in [-0.2, -0.15) is 0 Å². The molecule has 114 valence electrons. The minimum Gasteiger partial charge on any atom is -0.359 e. The number of hydrogen-bond donors (Lipinski definition) is 1. The molecule has 0 bridgehead atoms. The Kier molecular flexibility index (Phi) is 4.32. The van der Waals surface area contributed by atoms with Gasteiger partial charge in [0.2, 0.25) is 0 Å². The molecule has 3 fully saturated rings. The number of aliphatic imine (C=N–C) groups is 1. The zero-order chi connectivity index (χ0) is 14.2. The molecule has 2 aliphatic heterocycles. The highest BCUT2D eigenvalue weighted by Crippen LogP contribution is 2.39. The van der Waals surface area contributed by atoms with Crippen molar-refractivity contribution in [1.29, 1.82) is 0 Å². The molecule has 3 rings (SSSR count). The summed E-state index contributed by atoms with van der Waals surface area (Å²) in [6.45, 7) is 7.14. The maximum Gasteiger partial charge on any atom is 0.157 e. The molecular weight excluding hydrogens is 266 g/mol. The Bertz CT molecular complexity index is 384. The molecule has 0 aromatic carbocycles. The van der Waals surface area contributed by atoms with E-state index in [1.807, 2.05) is 11.8 Å². The van der Waals surface area contributed by atoms with Gasteiger partial charge in [0, 0.05) is 17.8 Å². The molecule has 0 amide bonds. The Morgan fingerprint density at radius 3 is 2.95 bits per heavy atom. The highest BCUT2D eigenvalue weighted by molar-refractivity contribution is 8.14. The van der Waals surface area contributed by atoms with Crippen molar-refractivity contribution in [3.63, 3.8) is 0 Å². The SMILES string of the molecule is CC1CCCC2(CSC(=NC3CCN(C)CC3C)N2)C1. The van der Waals surface area contributed by atoms with Gasteiger partial charge in [0.05, 0.1) is 6.04 Å². The first-order chi connectivity index (χ1) is 9.56. The Morgan fingerprint density at radius 1 is 1.35 bits per heavy atom. The summed E-state index contributed by atoms with van der Waals surface area (Å²) in [6, 6.07) is 0.525. The molecule has 3 aliphatic rings. The minimum absolute atomic E-state index is 0.371. The lowest BCUT2D eigenvalue weighted by atomic mass is 9.78. The normalized spacial score (nSPS) is 45.0. The summed E-state index contributed by atoms with van der Waals surface area (Å²) in [7, 11) is 2.22. The summed E-state index contributed by atoms with van der Waals surface area (Å²) in [6.07, 6.45) is 6.68. The lowest BCUT2D eigenvalue weighted by molar-refractivity contribution is 0.197. The van der Waals surface area contributed by atoms with E-state index in [-0.39, 0.29) is 0 Å². The van der Waals surface area contributed by atoms with Gasteiger partial charge < -0.3 is 10.2 Å². The van der Waals surface area contributed by atoms with Crippen molar-refractivity contribution in [3.8, 4) is 0 Å². The number of thioether (sulfide) groups is 1. The minimum atomic E-state index is 0.371.